The Labute approximate surface area is 116 Å². The third-order valence-corrected chi connectivity index (χ3v) is 3.53. The molecule has 0 amide bonds. The number of rotatable bonds is 3. The number of benzene rings is 1. The topological polar surface area (TPSA) is 33.1 Å². The quantitative estimate of drug-likeness (QED) is 0.923. The van der Waals surface area contributed by atoms with Gasteiger partial charge >= 0.3 is 0 Å². The Balaban J connectivity index is 2.27. The van der Waals surface area contributed by atoms with Crippen molar-refractivity contribution in [1.82, 2.24) is 4.98 Å². The van der Waals surface area contributed by atoms with Crippen LogP contribution in [0, 0.1) is 6.92 Å². The maximum absolute atomic E-state index is 10.2. The van der Waals surface area contributed by atoms with E-state index in [2.05, 4.69) is 4.98 Å². The monoisotopic (exact) mass is 281 g/mol. The molecule has 1 aromatic carbocycles. The second-order valence-electron chi connectivity index (χ2n) is 4.13. The Bertz CT molecular complexity index is 537. The van der Waals surface area contributed by atoms with E-state index in [1.54, 1.807) is 24.4 Å². The first-order chi connectivity index (χ1) is 8.59. The summed E-state index contributed by atoms with van der Waals surface area (Å²) in [7, 11) is 0. The van der Waals surface area contributed by atoms with Gasteiger partial charge < -0.3 is 5.11 Å². The summed E-state index contributed by atoms with van der Waals surface area (Å²) in [5.41, 5.74) is 2.36. The molecule has 0 aliphatic heterocycles. The molecule has 2 nitrogen and oxygen atoms in total. The second-order valence-corrected chi connectivity index (χ2v) is 4.94. The van der Waals surface area contributed by atoms with Crippen molar-refractivity contribution >= 4 is 23.2 Å². The summed E-state index contributed by atoms with van der Waals surface area (Å²) in [4.78, 5) is 4.20. The lowest BCUT2D eigenvalue weighted by atomic mass is 10.0. The molecule has 0 saturated heterocycles. The van der Waals surface area contributed by atoms with Gasteiger partial charge in [0.1, 0.15) is 6.10 Å². The summed E-state index contributed by atoms with van der Waals surface area (Å²) in [6.07, 6.45) is 1.32. The molecule has 0 bridgehead atoms. The highest BCUT2D eigenvalue weighted by Crippen LogP contribution is 2.29. The van der Waals surface area contributed by atoms with Crippen LogP contribution in [-0.4, -0.2) is 10.1 Å². The summed E-state index contributed by atoms with van der Waals surface area (Å²) in [6.45, 7) is 1.92. The van der Waals surface area contributed by atoms with Crippen molar-refractivity contribution < 1.29 is 5.11 Å². The van der Waals surface area contributed by atoms with Gasteiger partial charge in [0.15, 0.2) is 0 Å². The zero-order valence-corrected chi connectivity index (χ0v) is 11.4. The molecule has 0 saturated carbocycles. The molecular weight excluding hydrogens is 269 g/mol. The zero-order valence-electron chi connectivity index (χ0n) is 9.90. The molecule has 1 unspecified atom stereocenters. The Morgan fingerprint density at radius 2 is 1.83 bits per heavy atom. The molecular formula is C14H13Cl2NO. The van der Waals surface area contributed by atoms with Crippen molar-refractivity contribution in [3.8, 4) is 0 Å². The van der Waals surface area contributed by atoms with Gasteiger partial charge in [-0.15, -0.1) is 0 Å². The van der Waals surface area contributed by atoms with E-state index in [1.165, 1.54) is 0 Å². The molecule has 0 radical (unpaired) electrons. The number of aromatic nitrogens is 1. The highest BCUT2D eigenvalue weighted by molar-refractivity contribution is 6.35. The van der Waals surface area contributed by atoms with Gasteiger partial charge in [-0.3, -0.25) is 4.98 Å². The molecule has 4 heteroatoms. The first kappa shape index (κ1) is 13.3. The summed E-state index contributed by atoms with van der Waals surface area (Å²) in [6, 6.07) is 9.07. The molecule has 0 fully saturated rings. The van der Waals surface area contributed by atoms with Crippen molar-refractivity contribution in [2.75, 3.05) is 0 Å². The van der Waals surface area contributed by atoms with Crippen molar-refractivity contribution in [2.45, 2.75) is 19.4 Å². The highest BCUT2D eigenvalue weighted by atomic mass is 35.5. The first-order valence-corrected chi connectivity index (χ1v) is 6.37. The number of pyridine rings is 1. The van der Waals surface area contributed by atoms with Crippen LogP contribution in [0.25, 0.3) is 0 Å². The van der Waals surface area contributed by atoms with Crippen LogP contribution in [0.15, 0.2) is 36.5 Å². The lowest BCUT2D eigenvalue weighted by Crippen LogP contribution is -2.07. The minimum absolute atomic E-state index is 0.358. The van der Waals surface area contributed by atoms with E-state index in [0.29, 0.717) is 22.2 Å². The average molecular weight is 282 g/mol. The largest absolute Gasteiger partial charge is 0.386 e. The third kappa shape index (κ3) is 2.83. The molecule has 0 spiro atoms. The minimum atomic E-state index is -0.705. The maximum atomic E-state index is 10.2. The van der Waals surface area contributed by atoms with Crippen LogP contribution in [0.5, 0.6) is 0 Å². The smallest absolute Gasteiger partial charge is 0.100 e. The van der Waals surface area contributed by atoms with E-state index in [0.717, 1.165) is 11.1 Å². The zero-order chi connectivity index (χ0) is 13.1. The standard InChI is InChI=1S/C14H13Cl2NO/c1-9-4-3-7-17-14(9)13(18)8-10-11(15)5-2-6-12(10)16/h2-7,13,18H,8H2,1H3. The Kier molecular flexibility index (Phi) is 4.23. The molecule has 94 valence electrons. The van der Waals surface area contributed by atoms with Crippen molar-refractivity contribution in [2.24, 2.45) is 0 Å². The number of halogens is 2. The molecule has 1 N–H and O–H groups in total. The molecule has 18 heavy (non-hydrogen) atoms. The number of nitrogens with zero attached hydrogens (tertiary/aromatic N) is 1. The Morgan fingerprint density at radius 3 is 2.44 bits per heavy atom. The van der Waals surface area contributed by atoms with Gasteiger partial charge in [0, 0.05) is 22.7 Å². The van der Waals surface area contributed by atoms with Crippen molar-refractivity contribution in [1.29, 1.82) is 0 Å². The summed E-state index contributed by atoms with van der Waals surface area (Å²) in [5.74, 6) is 0. The maximum Gasteiger partial charge on any atom is 0.100 e. The highest BCUT2D eigenvalue weighted by Gasteiger charge is 2.16. The number of aliphatic hydroxyl groups is 1. The van der Waals surface area contributed by atoms with Gasteiger partial charge in [0.05, 0.1) is 5.69 Å². The molecule has 1 atom stereocenters. The fourth-order valence-electron chi connectivity index (χ4n) is 1.86. The van der Waals surface area contributed by atoms with E-state index in [-0.39, 0.29) is 0 Å². The molecule has 2 rings (SSSR count). The van der Waals surface area contributed by atoms with Crippen LogP contribution < -0.4 is 0 Å². The molecule has 2 aromatic rings. The number of aliphatic hydroxyl groups excluding tert-OH is 1. The average Bonchev–Trinajstić information content (AvgIpc) is 2.34. The third-order valence-electron chi connectivity index (χ3n) is 2.82. The Morgan fingerprint density at radius 1 is 1.17 bits per heavy atom. The van der Waals surface area contributed by atoms with Crippen LogP contribution in [0.4, 0.5) is 0 Å². The van der Waals surface area contributed by atoms with Gasteiger partial charge in [-0.05, 0) is 36.2 Å². The molecule has 0 aliphatic carbocycles. The van der Waals surface area contributed by atoms with Gasteiger partial charge in [-0.2, -0.15) is 0 Å². The minimum Gasteiger partial charge on any atom is -0.386 e. The number of aryl methyl sites for hydroxylation is 1. The van der Waals surface area contributed by atoms with Crippen LogP contribution in [0.1, 0.15) is 22.9 Å². The predicted molar refractivity (Wildman–Crippen MR) is 74.1 cm³/mol. The predicted octanol–water partition coefficient (Wildman–Crippen LogP) is 3.97. The fourth-order valence-corrected chi connectivity index (χ4v) is 2.42. The first-order valence-electron chi connectivity index (χ1n) is 5.62. The summed E-state index contributed by atoms with van der Waals surface area (Å²) >= 11 is 12.2. The van der Waals surface area contributed by atoms with E-state index in [1.807, 2.05) is 19.1 Å². The number of hydrogen-bond donors (Lipinski definition) is 1. The second kappa shape index (κ2) is 5.70. The molecule has 1 heterocycles. The van der Waals surface area contributed by atoms with Crippen LogP contribution in [-0.2, 0) is 6.42 Å². The van der Waals surface area contributed by atoms with Gasteiger partial charge in [0.2, 0.25) is 0 Å². The summed E-state index contributed by atoms with van der Waals surface area (Å²) in [5, 5.41) is 11.4. The van der Waals surface area contributed by atoms with Gasteiger partial charge in [-0.1, -0.05) is 35.3 Å². The van der Waals surface area contributed by atoms with Gasteiger partial charge in [-0.25, -0.2) is 0 Å². The van der Waals surface area contributed by atoms with E-state index >= 15 is 0 Å². The summed E-state index contributed by atoms with van der Waals surface area (Å²) < 4.78 is 0. The van der Waals surface area contributed by atoms with E-state index < -0.39 is 6.10 Å². The van der Waals surface area contributed by atoms with Crippen LogP contribution in [0.3, 0.4) is 0 Å². The fraction of sp³-hybridized carbons (Fsp3) is 0.214. The lowest BCUT2D eigenvalue weighted by molar-refractivity contribution is 0.173. The molecule has 1 aromatic heterocycles. The van der Waals surface area contributed by atoms with Crippen LogP contribution >= 0.6 is 23.2 Å². The normalized spacial score (nSPS) is 12.4. The van der Waals surface area contributed by atoms with Crippen LogP contribution in [0.2, 0.25) is 10.0 Å². The number of hydrogen-bond acceptors (Lipinski definition) is 2. The van der Waals surface area contributed by atoms with Gasteiger partial charge in [0.25, 0.3) is 0 Å². The van der Waals surface area contributed by atoms with E-state index in [4.69, 9.17) is 23.2 Å². The lowest BCUT2D eigenvalue weighted by Gasteiger charge is -2.14. The Hall–Kier alpha value is -1.09. The molecule has 0 aliphatic rings. The SMILES string of the molecule is Cc1cccnc1C(O)Cc1c(Cl)cccc1Cl. The van der Waals surface area contributed by atoms with E-state index in [9.17, 15) is 5.11 Å². The van der Waals surface area contributed by atoms with Crippen molar-refractivity contribution in [3.05, 3.63) is 63.4 Å². The van der Waals surface area contributed by atoms with Crippen molar-refractivity contribution in [3.63, 3.8) is 0 Å².